The molecule has 0 atom stereocenters. The number of hydrogen-bond acceptors (Lipinski definition) is 4. The van der Waals surface area contributed by atoms with E-state index in [2.05, 4.69) is 5.32 Å². The molecule has 0 aliphatic heterocycles. The lowest BCUT2D eigenvalue weighted by Gasteiger charge is -2.36. The van der Waals surface area contributed by atoms with Gasteiger partial charge in [0.1, 0.15) is 0 Å². The van der Waals surface area contributed by atoms with Crippen molar-refractivity contribution >= 4 is 17.3 Å². The molecule has 1 amide bonds. The number of anilines is 2. The van der Waals surface area contributed by atoms with Crippen molar-refractivity contribution in [1.29, 1.82) is 5.26 Å². The highest BCUT2D eigenvalue weighted by Gasteiger charge is 2.34. The maximum absolute atomic E-state index is 13.3. The summed E-state index contributed by atoms with van der Waals surface area (Å²) in [5, 5.41) is 12.1. The third-order valence-corrected chi connectivity index (χ3v) is 6.06. The van der Waals surface area contributed by atoms with Crippen molar-refractivity contribution in [3.8, 4) is 6.07 Å². The summed E-state index contributed by atoms with van der Waals surface area (Å²) in [6.07, 6.45) is -1.57. The summed E-state index contributed by atoms with van der Waals surface area (Å²) in [6, 6.07) is 12.9. The molecule has 0 spiro atoms. The standard InChI is InChI=1S/C24H27F3N4O/c1-30(2)19-9-4-16(5-10-19)23(32)29-18-7-12-20(13-8-18)31(3)21-11-6-17(15-28)22(14-21)24(25,26)27/h4-6,9-11,14,18,20H,7-8,12-13H2,1-3H3,(H,29,32). The number of halogens is 3. The Labute approximate surface area is 186 Å². The number of rotatable bonds is 5. The van der Waals surface area contributed by atoms with Crippen LogP contribution >= 0.6 is 0 Å². The van der Waals surface area contributed by atoms with Crippen molar-refractivity contribution in [2.75, 3.05) is 30.9 Å². The van der Waals surface area contributed by atoms with Crippen LogP contribution in [0.1, 0.15) is 47.2 Å². The summed E-state index contributed by atoms with van der Waals surface area (Å²) in [7, 11) is 5.65. The molecule has 32 heavy (non-hydrogen) atoms. The first kappa shape index (κ1) is 23.5. The first-order chi connectivity index (χ1) is 15.1. The normalized spacial score (nSPS) is 18.5. The van der Waals surface area contributed by atoms with Gasteiger partial charge in [0.05, 0.1) is 17.2 Å². The quantitative estimate of drug-likeness (QED) is 0.718. The maximum Gasteiger partial charge on any atom is 0.417 e. The minimum Gasteiger partial charge on any atom is -0.378 e. The van der Waals surface area contributed by atoms with E-state index < -0.39 is 11.7 Å². The molecule has 0 unspecified atom stereocenters. The number of nitrogens with zero attached hydrogens (tertiary/aromatic N) is 3. The molecule has 1 aliphatic rings. The summed E-state index contributed by atoms with van der Waals surface area (Å²) >= 11 is 0. The monoisotopic (exact) mass is 444 g/mol. The lowest BCUT2D eigenvalue weighted by atomic mass is 9.89. The first-order valence-electron chi connectivity index (χ1n) is 10.5. The SMILES string of the molecule is CN(C)c1ccc(C(=O)NC2CCC(N(C)c3ccc(C#N)c(C(F)(F)F)c3)CC2)cc1. The molecule has 0 aromatic heterocycles. The van der Waals surface area contributed by atoms with E-state index in [9.17, 15) is 18.0 Å². The molecule has 0 radical (unpaired) electrons. The van der Waals surface area contributed by atoms with Gasteiger partial charge in [0.2, 0.25) is 0 Å². The molecule has 2 aromatic carbocycles. The number of benzene rings is 2. The zero-order valence-corrected chi connectivity index (χ0v) is 18.4. The Morgan fingerprint density at radius 1 is 1.00 bits per heavy atom. The van der Waals surface area contributed by atoms with Crippen LogP contribution in [0.5, 0.6) is 0 Å². The molecular weight excluding hydrogens is 417 g/mol. The molecule has 3 rings (SSSR count). The van der Waals surface area contributed by atoms with E-state index in [4.69, 9.17) is 5.26 Å². The van der Waals surface area contributed by atoms with Gasteiger partial charge in [-0.25, -0.2) is 0 Å². The second-order valence-corrected chi connectivity index (χ2v) is 8.37. The second kappa shape index (κ2) is 9.51. The highest BCUT2D eigenvalue weighted by atomic mass is 19.4. The van der Waals surface area contributed by atoms with Gasteiger partial charge in [-0.15, -0.1) is 0 Å². The fourth-order valence-electron chi connectivity index (χ4n) is 4.08. The largest absolute Gasteiger partial charge is 0.417 e. The summed E-state index contributed by atoms with van der Waals surface area (Å²) in [4.78, 5) is 16.4. The van der Waals surface area contributed by atoms with Crippen LogP contribution in [0.3, 0.4) is 0 Å². The van der Waals surface area contributed by atoms with E-state index in [1.54, 1.807) is 31.3 Å². The summed E-state index contributed by atoms with van der Waals surface area (Å²) in [5.41, 5.74) is 0.767. The Balaban J connectivity index is 1.59. The molecule has 0 bridgehead atoms. The van der Waals surface area contributed by atoms with Crippen molar-refractivity contribution in [3.05, 3.63) is 59.2 Å². The molecule has 1 aliphatic carbocycles. The molecule has 5 nitrogen and oxygen atoms in total. The maximum atomic E-state index is 13.3. The number of carbonyl (C=O) groups excluding carboxylic acids is 1. The molecular formula is C24H27F3N4O. The Morgan fingerprint density at radius 3 is 2.12 bits per heavy atom. The number of nitrogens with one attached hydrogen (secondary N) is 1. The van der Waals surface area contributed by atoms with Crippen molar-refractivity contribution in [2.24, 2.45) is 0 Å². The Kier molecular flexibility index (Phi) is 6.97. The fourth-order valence-corrected chi connectivity index (χ4v) is 4.08. The van der Waals surface area contributed by atoms with Crippen molar-refractivity contribution in [1.82, 2.24) is 5.32 Å². The summed E-state index contributed by atoms with van der Waals surface area (Å²) < 4.78 is 39.8. The third-order valence-electron chi connectivity index (χ3n) is 6.06. The van der Waals surface area contributed by atoms with E-state index in [0.29, 0.717) is 11.3 Å². The number of amides is 1. The van der Waals surface area contributed by atoms with Gasteiger partial charge in [0, 0.05) is 50.2 Å². The van der Waals surface area contributed by atoms with E-state index in [0.717, 1.165) is 37.4 Å². The van der Waals surface area contributed by atoms with Crippen molar-refractivity contribution in [3.63, 3.8) is 0 Å². The van der Waals surface area contributed by atoms with Crippen LogP contribution < -0.4 is 15.1 Å². The van der Waals surface area contributed by atoms with E-state index in [1.165, 1.54) is 6.07 Å². The van der Waals surface area contributed by atoms with Crippen LogP contribution in [0.25, 0.3) is 0 Å². The summed E-state index contributed by atoms with van der Waals surface area (Å²) in [6.45, 7) is 0. The number of hydrogen-bond donors (Lipinski definition) is 1. The van der Waals surface area contributed by atoms with Crippen LogP contribution in [0.4, 0.5) is 24.5 Å². The predicted octanol–water partition coefficient (Wildman–Crippen LogP) is 4.82. The van der Waals surface area contributed by atoms with Gasteiger partial charge in [0.25, 0.3) is 5.91 Å². The van der Waals surface area contributed by atoms with E-state index in [1.807, 2.05) is 36.0 Å². The second-order valence-electron chi connectivity index (χ2n) is 8.37. The van der Waals surface area contributed by atoms with Gasteiger partial charge in [-0.2, -0.15) is 18.4 Å². The first-order valence-corrected chi connectivity index (χ1v) is 10.5. The molecule has 2 aromatic rings. The zero-order chi connectivity index (χ0) is 23.5. The highest BCUT2D eigenvalue weighted by molar-refractivity contribution is 5.94. The van der Waals surface area contributed by atoms with Gasteiger partial charge < -0.3 is 15.1 Å². The van der Waals surface area contributed by atoms with Crippen LogP contribution in [0, 0.1) is 11.3 Å². The number of carbonyl (C=O) groups is 1. The van der Waals surface area contributed by atoms with Crippen molar-refractivity contribution < 1.29 is 18.0 Å². The van der Waals surface area contributed by atoms with E-state index in [-0.39, 0.29) is 23.6 Å². The summed E-state index contributed by atoms with van der Waals surface area (Å²) in [5.74, 6) is -0.117. The Bertz CT molecular complexity index is 988. The number of alkyl halides is 3. The van der Waals surface area contributed by atoms with Gasteiger partial charge in [0.15, 0.2) is 0 Å². The molecule has 1 fully saturated rings. The van der Waals surface area contributed by atoms with Gasteiger partial charge in [-0.05, 0) is 68.1 Å². The number of nitriles is 1. The van der Waals surface area contributed by atoms with Crippen molar-refractivity contribution in [2.45, 2.75) is 43.9 Å². The lowest BCUT2D eigenvalue weighted by Crippen LogP contribution is -2.43. The van der Waals surface area contributed by atoms with Gasteiger partial charge in [-0.1, -0.05) is 0 Å². The minimum absolute atomic E-state index is 0.0346. The molecule has 0 saturated heterocycles. The molecule has 0 heterocycles. The van der Waals surface area contributed by atoms with Gasteiger partial charge >= 0.3 is 6.18 Å². The smallest absolute Gasteiger partial charge is 0.378 e. The Hall–Kier alpha value is -3.21. The van der Waals surface area contributed by atoms with Crippen LogP contribution in [0.15, 0.2) is 42.5 Å². The van der Waals surface area contributed by atoms with Gasteiger partial charge in [-0.3, -0.25) is 4.79 Å². The highest BCUT2D eigenvalue weighted by Crippen LogP contribution is 2.35. The van der Waals surface area contributed by atoms with Crippen LogP contribution in [0.2, 0.25) is 0 Å². The van der Waals surface area contributed by atoms with Crippen LogP contribution in [-0.2, 0) is 6.18 Å². The molecule has 1 saturated carbocycles. The fraction of sp³-hybridized carbons (Fsp3) is 0.417. The molecule has 8 heteroatoms. The molecule has 170 valence electrons. The Morgan fingerprint density at radius 2 is 1.59 bits per heavy atom. The predicted molar refractivity (Wildman–Crippen MR) is 119 cm³/mol. The third kappa shape index (κ3) is 5.34. The average Bonchev–Trinajstić information content (AvgIpc) is 2.78. The molecule has 1 N–H and O–H groups in total. The van der Waals surface area contributed by atoms with Crippen LogP contribution in [-0.4, -0.2) is 39.1 Å². The van der Waals surface area contributed by atoms with E-state index >= 15 is 0 Å². The average molecular weight is 445 g/mol. The lowest BCUT2D eigenvalue weighted by molar-refractivity contribution is -0.137. The minimum atomic E-state index is -4.57. The zero-order valence-electron chi connectivity index (χ0n) is 18.4. The topological polar surface area (TPSA) is 59.4 Å².